The van der Waals surface area contributed by atoms with Crippen molar-refractivity contribution in [3.05, 3.63) is 6.92 Å². The SMILES string of the molecule is [CH2]C(=O)C(F)(F)Cl. The Morgan fingerprint density at radius 2 is 1.86 bits per heavy atom. The van der Waals surface area contributed by atoms with Crippen molar-refractivity contribution in [2.24, 2.45) is 0 Å². The molecule has 0 spiro atoms. The highest BCUT2D eigenvalue weighted by atomic mass is 35.5. The molecular formula is C3H2ClF2O. The summed E-state index contributed by atoms with van der Waals surface area (Å²) in [5.74, 6) is -1.57. The Kier molecular flexibility index (Phi) is 1.69. The molecule has 0 aliphatic carbocycles. The van der Waals surface area contributed by atoms with Gasteiger partial charge in [0.15, 0.2) is 0 Å². The molecule has 0 N–H and O–H groups in total. The van der Waals surface area contributed by atoms with Gasteiger partial charge in [0.05, 0.1) is 0 Å². The van der Waals surface area contributed by atoms with Crippen molar-refractivity contribution in [3.8, 4) is 0 Å². The Bertz CT molecular complexity index is 85.4. The Morgan fingerprint density at radius 3 is 1.86 bits per heavy atom. The monoisotopic (exact) mass is 127 g/mol. The van der Waals surface area contributed by atoms with E-state index in [9.17, 15) is 13.6 Å². The molecule has 0 bridgehead atoms. The van der Waals surface area contributed by atoms with Crippen LogP contribution in [0.3, 0.4) is 0 Å². The summed E-state index contributed by atoms with van der Waals surface area (Å²) in [5, 5.41) is -3.78. The summed E-state index contributed by atoms with van der Waals surface area (Å²) in [7, 11) is 0. The van der Waals surface area contributed by atoms with Gasteiger partial charge >= 0.3 is 5.38 Å². The minimum Gasteiger partial charge on any atom is -0.291 e. The molecule has 0 aliphatic heterocycles. The molecule has 4 heteroatoms. The second-order valence-electron chi connectivity index (χ2n) is 0.921. The molecule has 0 aromatic rings. The molecule has 0 unspecified atom stereocenters. The van der Waals surface area contributed by atoms with Crippen LogP contribution in [0.2, 0.25) is 0 Å². The fourth-order valence-electron chi connectivity index (χ4n) is 0. The number of rotatable bonds is 1. The van der Waals surface area contributed by atoms with Crippen LogP contribution in [0, 0.1) is 6.92 Å². The lowest BCUT2D eigenvalue weighted by molar-refractivity contribution is -0.128. The highest BCUT2D eigenvalue weighted by Gasteiger charge is 2.30. The molecule has 0 atom stereocenters. The second-order valence-corrected chi connectivity index (χ2v) is 1.40. The van der Waals surface area contributed by atoms with E-state index < -0.39 is 11.2 Å². The smallest absolute Gasteiger partial charge is 0.291 e. The third-order valence-electron chi connectivity index (χ3n) is 0.316. The molecule has 0 heterocycles. The van der Waals surface area contributed by atoms with Crippen molar-refractivity contribution in [3.63, 3.8) is 0 Å². The van der Waals surface area contributed by atoms with Crippen LogP contribution in [-0.2, 0) is 4.79 Å². The van der Waals surface area contributed by atoms with Crippen molar-refractivity contribution in [2.75, 3.05) is 0 Å². The number of carbonyl (C=O) groups excluding carboxylic acids is 1. The maximum atomic E-state index is 11.2. The first-order chi connectivity index (χ1) is 2.94. The minimum absolute atomic E-state index is 1.57. The van der Waals surface area contributed by atoms with Gasteiger partial charge in [-0.15, -0.1) is 0 Å². The van der Waals surface area contributed by atoms with E-state index in [0.717, 1.165) is 0 Å². The lowest BCUT2D eigenvalue weighted by Crippen LogP contribution is -2.16. The predicted octanol–water partition coefficient (Wildman–Crippen LogP) is 1.22. The normalized spacial score (nSPS) is 11.4. The molecule has 7 heavy (non-hydrogen) atoms. The zero-order valence-electron chi connectivity index (χ0n) is 3.25. The van der Waals surface area contributed by atoms with Crippen molar-refractivity contribution in [2.45, 2.75) is 5.38 Å². The van der Waals surface area contributed by atoms with Gasteiger partial charge in [-0.1, -0.05) is 0 Å². The number of hydrogen-bond donors (Lipinski definition) is 0. The van der Waals surface area contributed by atoms with Crippen molar-refractivity contribution in [1.29, 1.82) is 0 Å². The molecule has 0 aliphatic rings. The summed E-state index contributed by atoms with van der Waals surface area (Å²) in [6.07, 6.45) is 0. The van der Waals surface area contributed by atoms with Crippen molar-refractivity contribution < 1.29 is 13.6 Å². The number of carbonyl (C=O) groups is 1. The Labute approximate surface area is 44.3 Å². The van der Waals surface area contributed by atoms with E-state index in [-0.39, 0.29) is 0 Å². The summed E-state index contributed by atoms with van der Waals surface area (Å²) in [6.45, 7) is 2.39. The van der Waals surface area contributed by atoms with Crippen molar-refractivity contribution in [1.82, 2.24) is 0 Å². The highest BCUT2D eigenvalue weighted by molar-refractivity contribution is 6.33. The summed E-state index contributed by atoms with van der Waals surface area (Å²) < 4.78 is 22.4. The fourth-order valence-corrected chi connectivity index (χ4v) is 0. The van der Waals surface area contributed by atoms with Gasteiger partial charge in [0.2, 0.25) is 5.78 Å². The minimum atomic E-state index is -3.78. The maximum absolute atomic E-state index is 11.2. The molecule has 0 saturated carbocycles. The van der Waals surface area contributed by atoms with Crippen LogP contribution < -0.4 is 0 Å². The van der Waals surface area contributed by atoms with E-state index >= 15 is 0 Å². The molecule has 0 fully saturated rings. The first-order valence-corrected chi connectivity index (χ1v) is 1.75. The van der Waals surface area contributed by atoms with Gasteiger partial charge < -0.3 is 0 Å². The average Bonchev–Trinajstić information content (AvgIpc) is 1.31. The molecule has 0 aromatic carbocycles. The van der Waals surface area contributed by atoms with E-state index in [1.54, 1.807) is 0 Å². The number of halogens is 3. The standard InChI is InChI=1S/C3H2ClF2O/c1-2(7)3(4,5)6/h1H2. The third kappa shape index (κ3) is 2.51. The molecular weight excluding hydrogens is 125 g/mol. The van der Waals surface area contributed by atoms with Gasteiger partial charge in [0.25, 0.3) is 0 Å². The van der Waals surface area contributed by atoms with Crippen LogP contribution in [0.15, 0.2) is 0 Å². The summed E-state index contributed by atoms with van der Waals surface area (Å²) in [6, 6.07) is 0. The number of ketones is 1. The lowest BCUT2D eigenvalue weighted by atomic mass is 10.5. The first kappa shape index (κ1) is 6.82. The fraction of sp³-hybridized carbons (Fsp3) is 0.333. The van der Waals surface area contributed by atoms with E-state index in [0.29, 0.717) is 0 Å². The molecule has 0 amide bonds. The molecule has 41 valence electrons. The Morgan fingerprint density at radius 1 is 1.71 bits per heavy atom. The van der Waals surface area contributed by atoms with Crippen LogP contribution >= 0.6 is 11.6 Å². The number of alkyl halides is 3. The molecule has 1 radical (unpaired) electrons. The van der Waals surface area contributed by atoms with E-state index in [1.807, 2.05) is 0 Å². The van der Waals surface area contributed by atoms with Crippen LogP contribution in [-0.4, -0.2) is 11.2 Å². The molecule has 0 saturated heterocycles. The summed E-state index contributed by atoms with van der Waals surface area (Å²) >= 11 is 4.12. The van der Waals surface area contributed by atoms with Crippen molar-refractivity contribution >= 4 is 17.4 Å². The molecule has 1 nitrogen and oxygen atoms in total. The third-order valence-corrected chi connectivity index (χ3v) is 0.527. The quantitative estimate of drug-likeness (QED) is 0.484. The van der Waals surface area contributed by atoms with Gasteiger partial charge in [-0.25, -0.2) is 0 Å². The van der Waals surface area contributed by atoms with Gasteiger partial charge in [-0.05, 0) is 11.6 Å². The first-order valence-electron chi connectivity index (χ1n) is 1.37. The maximum Gasteiger partial charge on any atom is 0.380 e. The van der Waals surface area contributed by atoms with Gasteiger partial charge in [0, 0.05) is 6.92 Å². The zero-order chi connectivity index (χ0) is 6.08. The average molecular weight is 127 g/mol. The van der Waals surface area contributed by atoms with Gasteiger partial charge in [-0.2, -0.15) is 8.78 Å². The van der Waals surface area contributed by atoms with E-state index in [2.05, 4.69) is 18.5 Å². The molecule has 0 rings (SSSR count). The second kappa shape index (κ2) is 1.74. The largest absolute Gasteiger partial charge is 0.380 e. The predicted molar refractivity (Wildman–Crippen MR) is 21.2 cm³/mol. The summed E-state index contributed by atoms with van der Waals surface area (Å²) in [5.41, 5.74) is 0. The topological polar surface area (TPSA) is 17.1 Å². The van der Waals surface area contributed by atoms with E-state index in [1.165, 1.54) is 0 Å². The number of hydrogen-bond acceptors (Lipinski definition) is 1. The van der Waals surface area contributed by atoms with Crippen LogP contribution in [0.1, 0.15) is 0 Å². The molecule has 0 aromatic heterocycles. The number of Topliss-reactive ketones (excluding diaryl/α,β-unsaturated/α-hetero) is 1. The highest BCUT2D eigenvalue weighted by Crippen LogP contribution is 2.18. The van der Waals surface area contributed by atoms with Gasteiger partial charge in [0.1, 0.15) is 0 Å². The lowest BCUT2D eigenvalue weighted by Gasteiger charge is -1.97. The summed E-state index contributed by atoms with van der Waals surface area (Å²) in [4.78, 5) is 9.47. The van der Waals surface area contributed by atoms with Gasteiger partial charge in [-0.3, -0.25) is 4.79 Å². The zero-order valence-corrected chi connectivity index (χ0v) is 4.01. The Hall–Kier alpha value is -0.180. The van der Waals surface area contributed by atoms with Crippen LogP contribution in [0.5, 0.6) is 0 Å². The van der Waals surface area contributed by atoms with Crippen LogP contribution in [0.25, 0.3) is 0 Å². The van der Waals surface area contributed by atoms with E-state index in [4.69, 9.17) is 0 Å². The van der Waals surface area contributed by atoms with Crippen LogP contribution in [0.4, 0.5) is 8.78 Å². The Balaban J connectivity index is 3.79.